The smallest absolute Gasteiger partial charge is 0.410 e. The molecule has 1 aliphatic heterocycles. The van der Waals surface area contributed by atoms with Crippen LogP contribution in [-0.4, -0.2) is 39.3 Å². The number of pyridine rings is 1. The first-order chi connectivity index (χ1) is 12.7. The summed E-state index contributed by atoms with van der Waals surface area (Å²) in [4.78, 5) is 18.2. The summed E-state index contributed by atoms with van der Waals surface area (Å²) in [5.74, 6) is -0.365. The topological polar surface area (TPSA) is 62.7 Å². The Morgan fingerprint density at radius 2 is 2.00 bits per heavy atom. The van der Waals surface area contributed by atoms with E-state index in [0.29, 0.717) is 25.1 Å². The van der Waals surface area contributed by atoms with E-state index in [-0.39, 0.29) is 24.1 Å². The number of benzene rings is 1. The van der Waals surface area contributed by atoms with Gasteiger partial charge in [0, 0.05) is 24.9 Å². The molecule has 1 aliphatic rings. The maximum absolute atomic E-state index is 13.0. The standard InChI is InChI=1S/C21H25FN2O3/c1-14(24-11-10-18(27-20(24)25)12-21(2,3)26)15-4-6-16(7-5-15)19-9-8-17(22)13-23-19/h4-9,13-14,18,26H,10-12H2,1-3H3. The minimum atomic E-state index is -0.858. The Kier molecular flexibility index (Phi) is 5.46. The van der Waals surface area contributed by atoms with Gasteiger partial charge >= 0.3 is 6.09 Å². The normalized spacial score (nSPS) is 18.9. The van der Waals surface area contributed by atoms with Crippen LogP contribution in [0.3, 0.4) is 0 Å². The number of aliphatic hydroxyl groups is 1. The van der Waals surface area contributed by atoms with Crippen molar-refractivity contribution in [3.05, 3.63) is 54.0 Å². The van der Waals surface area contributed by atoms with Crippen LogP contribution in [-0.2, 0) is 4.74 Å². The highest BCUT2D eigenvalue weighted by Crippen LogP contribution is 2.29. The van der Waals surface area contributed by atoms with Gasteiger partial charge in [0.1, 0.15) is 11.9 Å². The van der Waals surface area contributed by atoms with Crippen molar-refractivity contribution >= 4 is 6.09 Å². The van der Waals surface area contributed by atoms with Gasteiger partial charge in [-0.1, -0.05) is 24.3 Å². The molecule has 6 heteroatoms. The van der Waals surface area contributed by atoms with E-state index in [1.165, 1.54) is 12.3 Å². The second kappa shape index (κ2) is 7.64. The molecule has 2 heterocycles. The van der Waals surface area contributed by atoms with Crippen LogP contribution < -0.4 is 0 Å². The van der Waals surface area contributed by atoms with Gasteiger partial charge in [0.05, 0.1) is 23.5 Å². The predicted octanol–water partition coefficient (Wildman–Crippen LogP) is 4.32. The molecule has 1 N–H and O–H groups in total. The lowest BCUT2D eigenvalue weighted by Gasteiger charge is -2.37. The van der Waals surface area contributed by atoms with E-state index in [4.69, 9.17) is 4.74 Å². The van der Waals surface area contributed by atoms with E-state index >= 15 is 0 Å². The Morgan fingerprint density at radius 3 is 2.56 bits per heavy atom. The molecule has 2 atom stereocenters. The summed E-state index contributed by atoms with van der Waals surface area (Å²) in [7, 11) is 0. The minimum Gasteiger partial charge on any atom is -0.446 e. The third-order valence-corrected chi connectivity index (χ3v) is 4.80. The highest BCUT2D eigenvalue weighted by atomic mass is 19.1. The number of hydrogen-bond donors (Lipinski definition) is 1. The van der Waals surface area contributed by atoms with Crippen molar-refractivity contribution in [3.8, 4) is 11.3 Å². The fourth-order valence-corrected chi connectivity index (χ4v) is 3.36. The van der Waals surface area contributed by atoms with Crippen molar-refractivity contribution in [1.82, 2.24) is 9.88 Å². The van der Waals surface area contributed by atoms with Crippen LogP contribution in [0.2, 0.25) is 0 Å². The van der Waals surface area contributed by atoms with Gasteiger partial charge in [-0.3, -0.25) is 4.98 Å². The average Bonchev–Trinajstić information content (AvgIpc) is 2.61. The molecule has 0 bridgehead atoms. The number of carbonyl (C=O) groups is 1. The molecule has 1 amide bonds. The molecular weight excluding hydrogens is 347 g/mol. The monoisotopic (exact) mass is 372 g/mol. The summed E-state index contributed by atoms with van der Waals surface area (Å²) in [6.07, 6.45) is 1.71. The van der Waals surface area contributed by atoms with Gasteiger partial charge in [-0.05, 0) is 38.5 Å². The number of halogens is 1. The van der Waals surface area contributed by atoms with Crippen molar-refractivity contribution < 1.29 is 19.0 Å². The molecule has 2 aromatic rings. The Labute approximate surface area is 158 Å². The van der Waals surface area contributed by atoms with Gasteiger partial charge in [0.2, 0.25) is 0 Å². The van der Waals surface area contributed by atoms with E-state index in [9.17, 15) is 14.3 Å². The summed E-state index contributed by atoms with van der Waals surface area (Å²) in [5, 5.41) is 9.91. The largest absolute Gasteiger partial charge is 0.446 e. The zero-order valence-electron chi connectivity index (χ0n) is 15.9. The Morgan fingerprint density at radius 1 is 1.30 bits per heavy atom. The van der Waals surface area contributed by atoms with E-state index in [1.54, 1.807) is 24.8 Å². The molecule has 2 unspecified atom stereocenters. The Balaban J connectivity index is 1.66. The van der Waals surface area contributed by atoms with Crippen LogP contribution in [0.25, 0.3) is 11.3 Å². The number of carbonyl (C=O) groups excluding carboxylic acids is 1. The van der Waals surface area contributed by atoms with E-state index in [1.807, 2.05) is 31.2 Å². The highest BCUT2D eigenvalue weighted by Gasteiger charge is 2.33. The van der Waals surface area contributed by atoms with Gasteiger partial charge in [-0.25, -0.2) is 9.18 Å². The second-order valence-corrected chi connectivity index (χ2v) is 7.66. The van der Waals surface area contributed by atoms with E-state index in [0.717, 1.165) is 11.1 Å². The molecule has 0 spiro atoms. The van der Waals surface area contributed by atoms with Gasteiger partial charge in [0.25, 0.3) is 0 Å². The Bertz CT molecular complexity index is 785. The summed E-state index contributed by atoms with van der Waals surface area (Å²) in [6, 6.07) is 10.6. The molecule has 0 saturated carbocycles. The molecular formula is C21H25FN2O3. The lowest BCUT2D eigenvalue weighted by atomic mass is 9.97. The first kappa shape index (κ1) is 19.3. The number of nitrogens with zero attached hydrogens (tertiary/aromatic N) is 2. The fourth-order valence-electron chi connectivity index (χ4n) is 3.36. The van der Waals surface area contributed by atoms with Crippen molar-refractivity contribution in [2.45, 2.75) is 51.4 Å². The van der Waals surface area contributed by atoms with E-state index in [2.05, 4.69) is 4.98 Å². The van der Waals surface area contributed by atoms with Crippen molar-refractivity contribution in [2.24, 2.45) is 0 Å². The second-order valence-electron chi connectivity index (χ2n) is 7.66. The maximum atomic E-state index is 13.0. The van der Waals surface area contributed by atoms with Gasteiger partial charge in [-0.2, -0.15) is 0 Å². The third-order valence-electron chi connectivity index (χ3n) is 4.80. The first-order valence-electron chi connectivity index (χ1n) is 9.14. The van der Waals surface area contributed by atoms with Crippen LogP contribution >= 0.6 is 0 Å². The first-order valence-corrected chi connectivity index (χ1v) is 9.14. The number of cyclic esters (lactones) is 1. The summed E-state index contributed by atoms with van der Waals surface area (Å²) < 4.78 is 18.5. The summed E-state index contributed by atoms with van der Waals surface area (Å²) in [6.45, 7) is 5.98. The predicted molar refractivity (Wildman–Crippen MR) is 101 cm³/mol. The Hall–Kier alpha value is -2.47. The zero-order valence-corrected chi connectivity index (χ0v) is 15.9. The number of aromatic nitrogens is 1. The molecule has 3 rings (SSSR count). The maximum Gasteiger partial charge on any atom is 0.410 e. The number of ether oxygens (including phenoxy) is 1. The summed E-state index contributed by atoms with van der Waals surface area (Å²) >= 11 is 0. The molecule has 1 aromatic heterocycles. The van der Waals surface area contributed by atoms with Gasteiger partial charge < -0.3 is 14.7 Å². The molecule has 27 heavy (non-hydrogen) atoms. The highest BCUT2D eigenvalue weighted by molar-refractivity contribution is 5.69. The summed E-state index contributed by atoms with van der Waals surface area (Å²) in [5.41, 5.74) is 1.71. The van der Waals surface area contributed by atoms with Gasteiger partial charge in [-0.15, -0.1) is 0 Å². The molecule has 1 saturated heterocycles. The van der Waals surface area contributed by atoms with E-state index < -0.39 is 5.60 Å². The quantitative estimate of drug-likeness (QED) is 0.849. The molecule has 1 aromatic carbocycles. The van der Waals surface area contributed by atoms with Crippen LogP contribution in [0.4, 0.5) is 9.18 Å². The lowest BCUT2D eigenvalue weighted by molar-refractivity contribution is -0.0309. The number of amides is 1. The van der Waals surface area contributed by atoms with Crippen LogP contribution in [0.5, 0.6) is 0 Å². The fraction of sp³-hybridized carbons (Fsp3) is 0.429. The molecule has 5 nitrogen and oxygen atoms in total. The number of rotatable bonds is 5. The number of hydrogen-bond acceptors (Lipinski definition) is 4. The molecule has 0 radical (unpaired) electrons. The van der Waals surface area contributed by atoms with Crippen molar-refractivity contribution in [3.63, 3.8) is 0 Å². The van der Waals surface area contributed by atoms with Crippen LogP contribution in [0, 0.1) is 5.82 Å². The van der Waals surface area contributed by atoms with Crippen molar-refractivity contribution in [2.75, 3.05) is 6.54 Å². The SMILES string of the molecule is CC(c1ccc(-c2ccc(F)cn2)cc1)N1CCC(CC(C)(C)O)OC1=O. The van der Waals surface area contributed by atoms with Gasteiger partial charge in [0.15, 0.2) is 0 Å². The minimum absolute atomic E-state index is 0.129. The zero-order chi connectivity index (χ0) is 19.6. The van der Waals surface area contributed by atoms with Crippen molar-refractivity contribution in [1.29, 1.82) is 0 Å². The molecule has 1 fully saturated rings. The van der Waals surface area contributed by atoms with Crippen LogP contribution in [0.1, 0.15) is 45.2 Å². The van der Waals surface area contributed by atoms with Crippen LogP contribution in [0.15, 0.2) is 42.6 Å². The third kappa shape index (κ3) is 4.83. The molecule has 0 aliphatic carbocycles. The average molecular weight is 372 g/mol. The lowest BCUT2D eigenvalue weighted by Crippen LogP contribution is -2.45. The molecule has 144 valence electrons.